The molecule has 0 aliphatic rings. The first-order valence-corrected chi connectivity index (χ1v) is 7.98. The number of hydrogen-bond acceptors (Lipinski definition) is 2. The summed E-state index contributed by atoms with van der Waals surface area (Å²) in [6.45, 7) is 12.6. The molecule has 0 aliphatic carbocycles. The summed E-state index contributed by atoms with van der Waals surface area (Å²) in [5.41, 5.74) is 2.75. The SMILES string of the molecule is CCCNCC(CCOCC(C)C)c1ccc(C)cc1. The van der Waals surface area contributed by atoms with Crippen molar-refractivity contribution in [3.63, 3.8) is 0 Å². The number of ether oxygens (including phenoxy) is 1. The van der Waals surface area contributed by atoms with Gasteiger partial charge in [0.15, 0.2) is 0 Å². The number of nitrogens with one attached hydrogen (secondary N) is 1. The van der Waals surface area contributed by atoms with Crippen molar-refractivity contribution in [2.24, 2.45) is 5.92 Å². The third-order valence-electron chi connectivity index (χ3n) is 3.43. The normalized spacial score (nSPS) is 12.8. The van der Waals surface area contributed by atoms with Crippen LogP contribution in [0.3, 0.4) is 0 Å². The van der Waals surface area contributed by atoms with Gasteiger partial charge in [-0.2, -0.15) is 0 Å². The number of aryl methyl sites for hydroxylation is 1. The first-order chi connectivity index (χ1) is 9.63. The molecule has 1 N–H and O–H groups in total. The Labute approximate surface area is 124 Å². The van der Waals surface area contributed by atoms with Crippen LogP contribution in [0.4, 0.5) is 0 Å². The van der Waals surface area contributed by atoms with Crippen LogP contribution >= 0.6 is 0 Å². The highest BCUT2D eigenvalue weighted by molar-refractivity contribution is 5.24. The quantitative estimate of drug-likeness (QED) is 0.649. The topological polar surface area (TPSA) is 21.3 Å². The molecule has 114 valence electrons. The molecule has 0 saturated heterocycles. The van der Waals surface area contributed by atoms with Crippen molar-refractivity contribution >= 4 is 0 Å². The highest BCUT2D eigenvalue weighted by atomic mass is 16.5. The molecule has 0 radical (unpaired) electrons. The minimum absolute atomic E-state index is 0.550. The van der Waals surface area contributed by atoms with Crippen molar-refractivity contribution in [1.82, 2.24) is 5.32 Å². The molecule has 0 bridgehead atoms. The summed E-state index contributed by atoms with van der Waals surface area (Å²) in [5, 5.41) is 3.54. The molecule has 1 atom stereocenters. The van der Waals surface area contributed by atoms with Crippen molar-refractivity contribution in [3.05, 3.63) is 35.4 Å². The first-order valence-electron chi connectivity index (χ1n) is 7.98. The minimum atomic E-state index is 0.550. The molecule has 1 aromatic rings. The van der Waals surface area contributed by atoms with Gasteiger partial charge in [-0.05, 0) is 43.7 Å². The average molecular weight is 277 g/mol. The van der Waals surface area contributed by atoms with E-state index in [1.165, 1.54) is 17.5 Å². The Kier molecular flexibility index (Phi) is 8.56. The maximum absolute atomic E-state index is 5.75. The Bertz CT molecular complexity index is 345. The lowest BCUT2D eigenvalue weighted by atomic mass is 9.95. The van der Waals surface area contributed by atoms with Crippen LogP contribution in [0.25, 0.3) is 0 Å². The van der Waals surface area contributed by atoms with Crippen molar-refractivity contribution in [2.75, 3.05) is 26.3 Å². The van der Waals surface area contributed by atoms with E-state index in [2.05, 4.69) is 57.3 Å². The Morgan fingerprint density at radius 3 is 2.45 bits per heavy atom. The van der Waals surface area contributed by atoms with E-state index < -0.39 is 0 Å². The molecule has 2 heteroatoms. The summed E-state index contributed by atoms with van der Waals surface area (Å²) in [5.74, 6) is 1.17. The lowest BCUT2D eigenvalue weighted by Crippen LogP contribution is -2.23. The molecule has 1 rings (SSSR count). The average Bonchev–Trinajstić information content (AvgIpc) is 2.42. The maximum Gasteiger partial charge on any atom is 0.0488 e. The predicted molar refractivity (Wildman–Crippen MR) is 87.4 cm³/mol. The molecule has 0 saturated carbocycles. The molecular weight excluding hydrogens is 246 g/mol. The van der Waals surface area contributed by atoms with Crippen molar-refractivity contribution in [3.8, 4) is 0 Å². The summed E-state index contributed by atoms with van der Waals surface area (Å²) in [6, 6.07) is 8.93. The summed E-state index contributed by atoms with van der Waals surface area (Å²) < 4.78 is 5.75. The third kappa shape index (κ3) is 7.06. The number of benzene rings is 1. The third-order valence-corrected chi connectivity index (χ3v) is 3.43. The van der Waals surface area contributed by atoms with Crippen molar-refractivity contribution in [1.29, 1.82) is 0 Å². The van der Waals surface area contributed by atoms with Gasteiger partial charge in [-0.25, -0.2) is 0 Å². The lowest BCUT2D eigenvalue weighted by Gasteiger charge is -2.19. The van der Waals surface area contributed by atoms with E-state index in [4.69, 9.17) is 4.74 Å². The van der Waals surface area contributed by atoms with Gasteiger partial charge in [0.1, 0.15) is 0 Å². The maximum atomic E-state index is 5.75. The summed E-state index contributed by atoms with van der Waals surface area (Å²) >= 11 is 0. The van der Waals surface area contributed by atoms with Gasteiger partial charge in [0.25, 0.3) is 0 Å². The van der Waals surface area contributed by atoms with Crippen molar-refractivity contribution < 1.29 is 4.74 Å². The van der Waals surface area contributed by atoms with Gasteiger partial charge in [0, 0.05) is 19.8 Å². The lowest BCUT2D eigenvalue weighted by molar-refractivity contribution is 0.103. The van der Waals surface area contributed by atoms with Crippen LogP contribution in [0.2, 0.25) is 0 Å². The standard InChI is InChI=1S/C18H31NO/c1-5-11-19-13-18(10-12-20-14-15(2)3)17-8-6-16(4)7-9-17/h6-9,15,18-19H,5,10-14H2,1-4H3. The van der Waals surface area contributed by atoms with E-state index in [1.807, 2.05) is 0 Å². The molecule has 0 fully saturated rings. The fourth-order valence-corrected chi connectivity index (χ4v) is 2.22. The van der Waals surface area contributed by atoms with E-state index in [0.717, 1.165) is 32.7 Å². The Morgan fingerprint density at radius 1 is 1.15 bits per heavy atom. The van der Waals surface area contributed by atoms with Gasteiger partial charge < -0.3 is 10.1 Å². The largest absolute Gasteiger partial charge is 0.381 e. The van der Waals surface area contributed by atoms with E-state index in [9.17, 15) is 0 Å². The molecule has 0 heterocycles. The van der Waals surface area contributed by atoms with E-state index >= 15 is 0 Å². The Balaban J connectivity index is 2.48. The second-order valence-electron chi connectivity index (χ2n) is 6.07. The fraction of sp³-hybridized carbons (Fsp3) is 0.667. The monoisotopic (exact) mass is 277 g/mol. The smallest absolute Gasteiger partial charge is 0.0488 e. The Hall–Kier alpha value is -0.860. The van der Waals surface area contributed by atoms with Crippen LogP contribution in [-0.4, -0.2) is 26.3 Å². The van der Waals surface area contributed by atoms with Crippen LogP contribution in [-0.2, 0) is 4.74 Å². The van der Waals surface area contributed by atoms with Gasteiger partial charge in [-0.3, -0.25) is 0 Å². The molecule has 1 unspecified atom stereocenters. The number of hydrogen-bond donors (Lipinski definition) is 1. The second kappa shape index (κ2) is 9.95. The molecule has 20 heavy (non-hydrogen) atoms. The van der Waals surface area contributed by atoms with Crippen LogP contribution in [0.1, 0.15) is 50.7 Å². The van der Waals surface area contributed by atoms with Gasteiger partial charge in [-0.15, -0.1) is 0 Å². The summed E-state index contributed by atoms with van der Waals surface area (Å²) in [6.07, 6.45) is 2.27. The van der Waals surface area contributed by atoms with Crippen LogP contribution in [0.15, 0.2) is 24.3 Å². The molecular formula is C18H31NO. The highest BCUT2D eigenvalue weighted by Crippen LogP contribution is 2.19. The van der Waals surface area contributed by atoms with Crippen molar-refractivity contribution in [2.45, 2.75) is 46.5 Å². The molecule has 2 nitrogen and oxygen atoms in total. The highest BCUT2D eigenvalue weighted by Gasteiger charge is 2.11. The molecule has 0 spiro atoms. The second-order valence-corrected chi connectivity index (χ2v) is 6.07. The summed E-state index contributed by atoms with van der Waals surface area (Å²) in [4.78, 5) is 0. The molecule has 1 aromatic carbocycles. The van der Waals surface area contributed by atoms with Crippen LogP contribution in [0.5, 0.6) is 0 Å². The fourth-order valence-electron chi connectivity index (χ4n) is 2.22. The van der Waals surface area contributed by atoms with E-state index in [0.29, 0.717) is 11.8 Å². The molecule has 0 aromatic heterocycles. The zero-order valence-electron chi connectivity index (χ0n) is 13.6. The summed E-state index contributed by atoms with van der Waals surface area (Å²) in [7, 11) is 0. The van der Waals surface area contributed by atoms with Gasteiger partial charge in [0.2, 0.25) is 0 Å². The zero-order valence-corrected chi connectivity index (χ0v) is 13.6. The van der Waals surface area contributed by atoms with E-state index in [1.54, 1.807) is 0 Å². The first kappa shape index (κ1) is 17.2. The van der Waals surface area contributed by atoms with E-state index in [-0.39, 0.29) is 0 Å². The van der Waals surface area contributed by atoms with Crippen LogP contribution in [0, 0.1) is 12.8 Å². The molecule has 0 amide bonds. The number of rotatable bonds is 10. The zero-order chi connectivity index (χ0) is 14.8. The van der Waals surface area contributed by atoms with Gasteiger partial charge in [-0.1, -0.05) is 50.6 Å². The minimum Gasteiger partial charge on any atom is -0.381 e. The predicted octanol–water partition coefficient (Wildman–Crippen LogP) is 4.14. The molecule has 0 aliphatic heterocycles. The van der Waals surface area contributed by atoms with Gasteiger partial charge >= 0.3 is 0 Å². The van der Waals surface area contributed by atoms with Crippen LogP contribution < -0.4 is 5.32 Å². The Morgan fingerprint density at radius 2 is 1.85 bits per heavy atom. The van der Waals surface area contributed by atoms with Gasteiger partial charge in [0.05, 0.1) is 0 Å².